The van der Waals surface area contributed by atoms with E-state index in [2.05, 4.69) is 29.4 Å². The van der Waals surface area contributed by atoms with Gasteiger partial charge >= 0.3 is 0 Å². The molecule has 5 aromatic rings. The van der Waals surface area contributed by atoms with Crippen LogP contribution in [0.5, 0.6) is 0 Å². The number of benzene rings is 2. The van der Waals surface area contributed by atoms with Crippen LogP contribution in [0.2, 0.25) is 0 Å². The molecule has 1 aliphatic rings. The Labute approximate surface area is 177 Å². The SMILES string of the molecule is [CH2][C@@H]1C[C@@H](Nc2ccnc3cc(-c4ccc5c(c4)oc4ccccc45)nn23)[C@H](O)[C@@H]1O. The van der Waals surface area contributed by atoms with Gasteiger partial charge in [-0.1, -0.05) is 24.3 Å². The fourth-order valence-corrected chi connectivity index (χ4v) is 4.49. The molecule has 0 amide bonds. The van der Waals surface area contributed by atoms with Gasteiger partial charge in [0.1, 0.15) is 23.1 Å². The molecule has 7 heteroatoms. The predicted molar refractivity (Wildman–Crippen MR) is 119 cm³/mol. The summed E-state index contributed by atoms with van der Waals surface area (Å²) in [5.41, 5.74) is 4.05. The molecule has 7 nitrogen and oxygen atoms in total. The summed E-state index contributed by atoms with van der Waals surface area (Å²) < 4.78 is 7.73. The third-order valence-corrected chi connectivity index (χ3v) is 6.17. The van der Waals surface area contributed by atoms with Crippen LogP contribution in [0.3, 0.4) is 0 Å². The normalized spacial score (nSPS) is 23.8. The van der Waals surface area contributed by atoms with Gasteiger partial charge in [-0.05, 0) is 43.5 Å². The third-order valence-electron chi connectivity index (χ3n) is 6.17. The molecule has 0 unspecified atom stereocenters. The van der Waals surface area contributed by atoms with Crippen molar-refractivity contribution < 1.29 is 14.6 Å². The van der Waals surface area contributed by atoms with E-state index in [9.17, 15) is 10.2 Å². The maximum absolute atomic E-state index is 10.3. The Kier molecular flexibility index (Phi) is 4.03. The van der Waals surface area contributed by atoms with Gasteiger partial charge in [-0.2, -0.15) is 9.61 Å². The number of aliphatic hydroxyl groups excluding tert-OH is 2. The highest BCUT2D eigenvalue weighted by molar-refractivity contribution is 6.05. The summed E-state index contributed by atoms with van der Waals surface area (Å²) in [5.74, 6) is 0.486. The second-order valence-electron chi connectivity index (χ2n) is 8.17. The zero-order valence-electron chi connectivity index (χ0n) is 16.6. The molecule has 6 rings (SSSR count). The Morgan fingerprint density at radius 3 is 2.68 bits per heavy atom. The molecule has 1 fully saturated rings. The van der Waals surface area contributed by atoms with Crippen molar-refractivity contribution in [2.45, 2.75) is 24.7 Å². The van der Waals surface area contributed by atoms with Gasteiger partial charge in [-0.3, -0.25) is 0 Å². The summed E-state index contributed by atoms with van der Waals surface area (Å²) in [6.45, 7) is 3.91. The number of para-hydroxylation sites is 1. The van der Waals surface area contributed by atoms with Crippen molar-refractivity contribution in [2.75, 3.05) is 5.32 Å². The van der Waals surface area contributed by atoms with Crippen LogP contribution in [0, 0.1) is 12.8 Å². The third kappa shape index (κ3) is 2.89. The highest BCUT2D eigenvalue weighted by Crippen LogP contribution is 2.33. The first-order valence-electron chi connectivity index (χ1n) is 10.3. The summed E-state index contributed by atoms with van der Waals surface area (Å²) in [6.07, 6.45) is 0.559. The van der Waals surface area contributed by atoms with E-state index in [1.54, 1.807) is 10.7 Å². The quantitative estimate of drug-likeness (QED) is 0.418. The smallest absolute Gasteiger partial charge is 0.157 e. The Morgan fingerprint density at radius 1 is 1.00 bits per heavy atom. The molecule has 1 radical (unpaired) electrons. The van der Waals surface area contributed by atoms with Crippen LogP contribution in [0.4, 0.5) is 5.82 Å². The molecule has 2 aromatic carbocycles. The maximum atomic E-state index is 10.3. The van der Waals surface area contributed by atoms with Gasteiger partial charge in [0.2, 0.25) is 0 Å². The van der Waals surface area contributed by atoms with Crippen LogP contribution in [-0.4, -0.2) is 43.1 Å². The number of nitrogens with one attached hydrogen (secondary N) is 1. The van der Waals surface area contributed by atoms with Crippen LogP contribution in [-0.2, 0) is 0 Å². The lowest BCUT2D eigenvalue weighted by Crippen LogP contribution is -2.35. The Morgan fingerprint density at radius 2 is 1.84 bits per heavy atom. The molecular formula is C24H21N4O3. The van der Waals surface area contributed by atoms with Crippen LogP contribution in [0.1, 0.15) is 6.42 Å². The van der Waals surface area contributed by atoms with Gasteiger partial charge in [0.05, 0.1) is 17.8 Å². The van der Waals surface area contributed by atoms with Crippen molar-refractivity contribution in [1.29, 1.82) is 0 Å². The number of fused-ring (bicyclic) bond motifs is 4. The van der Waals surface area contributed by atoms with Crippen molar-refractivity contribution >= 4 is 33.4 Å². The topological polar surface area (TPSA) is 95.8 Å². The minimum Gasteiger partial charge on any atom is -0.456 e. The average molecular weight is 413 g/mol. The van der Waals surface area contributed by atoms with Crippen molar-refractivity contribution in [1.82, 2.24) is 14.6 Å². The number of hydrogen-bond acceptors (Lipinski definition) is 6. The summed E-state index contributed by atoms with van der Waals surface area (Å²) >= 11 is 0. The molecule has 3 aromatic heterocycles. The standard InChI is InChI=1S/C24H21N4O3/c1-13-10-18(24(30)23(13)29)26-21-8-9-25-22-12-17(27-28(21)22)14-6-7-16-15-4-2-3-5-19(15)31-20(16)11-14/h2-9,11-13,18,23-24,26,29-30H,1,10H2/t13-,18-,23-,24+/m1/s1. The fourth-order valence-electron chi connectivity index (χ4n) is 4.49. The minimum atomic E-state index is -0.878. The van der Waals surface area contributed by atoms with Crippen molar-refractivity contribution in [2.24, 2.45) is 5.92 Å². The number of anilines is 1. The fraction of sp³-hybridized carbons (Fsp3) is 0.208. The maximum Gasteiger partial charge on any atom is 0.157 e. The summed E-state index contributed by atoms with van der Waals surface area (Å²) in [6, 6.07) is 17.5. The van der Waals surface area contributed by atoms with Gasteiger partial charge in [-0.15, -0.1) is 0 Å². The van der Waals surface area contributed by atoms with Crippen molar-refractivity contribution in [3.8, 4) is 11.3 Å². The molecule has 1 aliphatic carbocycles. The van der Waals surface area contributed by atoms with E-state index in [-0.39, 0.29) is 12.0 Å². The first-order chi connectivity index (χ1) is 15.1. The minimum absolute atomic E-state index is 0.214. The molecule has 3 heterocycles. The lowest BCUT2D eigenvalue weighted by Gasteiger charge is -2.19. The summed E-state index contributed by atoms with van der Waals surface area (Å²) in [7, 11) is 0. The predicted octanol–water partition coefficient (Wildman–Crippen LogP) is 3.65. The van der Waals surface area contributed by atoms with Gasteiger partial charge < -0.3 is 19.9 Å². The summed E-state index contributed by atoms with van der Waals surface area (Å²) in [4.78, 5) is 4.42. The molecule has 3 N–H and O–H groups in total. The average Bonchev–Trinajstić information content (AvgIpc) is 3.44. The van der Waals surface area contributed by atoms with Crippen LogP contribution >= 0.6 is 0 Å². The van der Waals surface area contributed by atoms with Gasteiger partial charge in [0.15, 0.2) is 5.65 Å². The number of furan rings is 1. The first-order valence-corrected chi connectivity index (χ1v) is 10.3. The Bertz CT molecular complexity index is 1420. The molecule has 4 atom stereocenters. The van der Waals surface area contributed by atoms with E-state index >= 15 is 0 Å². The van der Waals surface area contributed by atoms with Gasteiger partial charge in [0, 0.05) is 28.6 Å². The largest absolute Gasteiger partial charge is 0.456 e. The van der Waals surface area contributed by atoms with E-state index in [0.29, 0.717) is 17.9 Å². The van der Waals surface area contributed by atoms with Gasteiger partial charge in [0.25, 0.3) is 0 Å². The molecule has 155 valence electrons. The molecule has 0 saturated heterocycles. The Hall–Kier alpha value is -3.42. The second-order valence-corrected chi connectivity index (χ2v) is 8.17. The molecule has 31 heavy (non-hydrogen) atoms. The lowest BCUT2D eigenvalue weighted by molar-refractivity contribution is 0.0256. The zero-order chi connectivity index (χ0) is 21.1. The second kappa shape index (κ2) is 6.80. The van der Waals surface area contributed by atoms with E-state index in [0.717, 1.165) is 33.2 Å². The van der Waals surface area contributed by atoms with Crippen LogP contribution in [0.25, 0.3) is 38.8 Å². The van der Waals surface area contributed by atoms with Crippen LogP contribution in [0.15, 0.2) is 65.2 Å². The number of rotatable bonds is 3. The highest BCUT2D eigenvalue weighted by Gasteiger charge is 2.39. The first kappa shape index (κ1) is 18.4. The molecule has 0 aliphatic heterocycles. The Balaban J connectivity index is 1.39. The number of hydrogen-bond donors (Lipinski definition) is 3. The molecular weight excluding hydrogens is 392 g/mol. The van der Waals surface area contributed by atoms with Gasteiger partial charge in [-0.25, -0.2) is 4.98 Å². The number of nitrogens with zero attached hydrogens (tertiary/aromatic N) is 3. The highest BCUT2D eigenvalue weighted by atomic mass is 16.3. The monoisotopic (exact) mass is 413 g/mol. The van der Waals surface area contributed by atoms with E-state index < -0.39 is 12.2 Å². The molecule has 0 bridgehead atoms. The number of aliphatic hydroxyl groups is 2. The lowest BCUT2D eigenvalue weighted by atomic mass is 10.1. The molecule has 1 saturated carbocycles. The van der Waals surface area contributed by atoms with Crippen LogP contribution < -0.4 is 5.32 Å². The van der Waals surface area contributed by atoms with E-state index in [1.807, 2.05) is 42.5 Å². The van der Waals surface area contributed by atoms with Crippen molar-refractivity contribution in [3.63, 3.8) is 0 Å². The zero-order valence-corrected chi connectivity index (χ0v) is 16.6. The van der Waals surface area contributed by atoms with E-state index in [4.69, 9.17) is 9.52 Å². The van der Waals surface area contributed by atoms with Crippen molar-refractivity contribution in [3.05, 3.63) is 67.7 Å². The van der Waals surface area contributed by atoms with E-state index in [1.165, 1.54) is 0 Å². The molecule has 0 spiro atoms. The number of aromatic nitrogens is 3. The summed E-state index contributed by atoms with van der Waals surface area (Å²) in [5, 5.41) is 30.5.